The largest absolute Gasteiger partial charge is 0.484 e. The molecular formula is C26H29N3O3. The van der Waals surface area contributed by atoms with E-state index in [0.717, 1.165) is 30.5 Å². The number of carbonyl (C=O) groups is 2. The summed E-state index contributed by atoms with van der Waals surface area (Å²) in [6.07, 6.45) is 5.91. The molecule has 6 heteroatoms. The number of hydrogen-bond donors (Lipinski definition) is 2. The van der Waals surface area contributed by atoms with Crippen molar-refractivity contribution in [3.05, 3.63) is 65.2 Å². The molecule has 2 unspecified atom stereocenters. The van der Waals surface area contributed by atoms with Gasteiger partial charge in [0.05, 0.1) is 0 Å². The molecule has 2 N–H and O–H groups in total. The first kappa shape index (κ1) is 23.1. The Balaban J connectivity index is 1.53. The molecule has 6 nitrogen and oxygen atoms in total. The number of anilines is 1. The van der Waals surface area contributed by atoms with Crippen LogP contribution in [0.4, 0.5) is 5.69 Å². The summed E-state index contributed by atoms with van der Waals surface area (Å²) in [5, 5.41) is 15.2. The second kappa shape index (κ2) is 11.1. The van der Waals surface area contributed by atoms with Crippen LogP contribution >= 0.6 is 0 Å². The molecule has 0 heterocycles. The number of ether oxygens (including phenoxy) is 1. The number of aryl methyl sites for hydroxylation is 1. The molecule has 0 aromatic heterocycles. The van der Waals surface area contributed by atoms with Crippen LogP contribution in [0.5, 0.6) is 5.75 Å². The second-order valence-electron chi connectivity index (χ2n) is 8.28. The number of nitrogens with zero attached hydrogens (tertiary/aromatic N) is 1. The Morgan fingerprint density at radius 2 is 1.78 bits per heavy atom. The van der Waals surface area contributed by atoms with Crippen LogP contribution in [-0.2, 0) is 9.59 Å². The van der Waals surface area contributed by atoms with Crippen LogP contribution in [0, 0.1) is 24.2 Å². The van der Waals surface area contributed by atoms with Gasteiger partial charge >= 0.3 is 0 Å². The summed E-state index contributed by atoms with van der Waals surface area (Å²) in [4.78, 5) is 24.6. The lowest BCUT2D eigenvalue weighted by Gasteiger charge is -2.29. The molecule has 1 fully saturated rings. The van der Waals surface area contributed by atoms with E-state index in [4.69, 9.17) is 4.74 Å². The van der Waals surface area contributed by atoms with E-state index < -0.39 is 0 Å². The van der Waals surface area contributed by atoms with E-state index in [9.17, 15) is 14.9 Å². The van der Waals surface area contributed by atoms with Crippen molar-refractivity contribution in [2.75, 3.05) is 11.9 Å². The van der Waals surface area contributed by atoms with Gasteiger partial charge in [-0.15, -0.1) is 0 Å². The third-order valence-corrected chi connectivity index (χ3v) is 5.69. The molecule has 32 heavy (non-hydrogen) atoms. The van der Waals surface area contributed by atoms with Gasteiger partial charge in [-0.2, -0.15) is 5.26 Å². The first-order valence-corrected chi connectivity index (χ1v) is 11.0. The summed E-state index contributed by atoms with van der Waals surface area (Å²) in [5.41, 5.74) is 2.63. The molecule has 1 aliphatic rings. The molecule has 2 aromatic rings. The van der Waals surface area contributed by atoms with Crippen LogP contribution < -0.4 is 15.4 Å². The summed E-state index contributed by atoms with van der Waals surface area (Å²) < 4.78 is 5.53. The number of carbonyl (C=O) groups excluding carboxylic acids is 2. The predicted molar refractivity (Wildman–Crippen MR) is 125 cm³/mol. The summed E-state index contributed by atoms with van der Waals surface area (Å²) in [7, 11) is 0. The maximum atomic E-state index is 12.5. The second-order valence-corrected chi connectivity index (χ2v) is 8.28. The van der Waals surface area contributed by atoms with Gasteiger partial charge in [0.25, 0.3) is 11.8 Å². The number of amides is 2. The summed E-state index contributed by atoms with van der Waals surface area (Å²) in [6, 6.07) is 16.6. The fourth-order valence-electron chi connectivity index (χ4n) is 3.74. The van der Waals surface area contributed by atoms with Crippen molar-refractivity contribution in [3.8, 4) is 11.8 Å². The minimum atomic E-state index is -0.334. The SMILES string of the molecule is Cc1ccc(NC(=O)COc2ccc(/C=C(\C#N)C(=O)NC3CCCCC3C)cc2)cc1. The van der Waals surface area contributed by atoms with Crippen LogP contribution in [0.15, 0.2) is 54.1 Å². The summed E-state index contributed by atoms with van der Waals surface area (Å²) in [5.74, 6) is 0.366. The van der Waals surface area contributed by atoms with Gasteiger partial charge in [0.2, 0.25) is 0 Å². The molecule has 0 spiro atoms. The highest BCUT2D eigenvalue weighted by Gasteiger charge is 2.24. The topological polar surface area (TPSA) is 91.2 Å². The standard InChI is InChI=1S/C26H29N3O3/c1-18-7-11-22(12-8-18)28-25(30)17-32-23-13-9-20(10-14-23)15-21(16-27)26(31)29-24-6-4-3-5-19(24)2/h7-15,19,24H,3-6,17H2,1-2H3,(H,28,30)(H,29,31)/b21-15+. The number of nitriles is 1. The van der Waals surface area contributed by atoms with Crippen molar-refractivity contribution >= 4 is 23.6 Å². The molecule has 0 radical (unpaired) electrons. The van der Waals surface area contributed by atoms with E-state index in [1.165, 1.54) is 6.42 Å². The van der Waals surface area contributed by atoms with Crippen molar-refractivity contribution in [2.24, 2.45) is 5.92 Å². The Kier molecular flexibility index (Phi) is 8.04. The van der Waals surface area contributed by atoms with Crippen LogP contribution in [0.1, 0.15) is 43.7 Å². The Morgan fingerprint density at radius 3 is 2.44 bits per heavy atom. The molecule has 3 rings (SSSR count). The van der Waals surface area contributed by atoms with E-state index in [2.05, 4.69) is 17.6 Å². The lowest BCUT2D eigenvalue weighted by Crippen LogP contribution is -2.41. The number of benzene rings is 2. The van der Waals surface area contributed by atoms with Crippen LogP contribution in [-0.4, -0.2) is 24.5 Å². The van der Waals surface area contributed by atoms with Crippen molar-refractivity contribution in [3.63, 3.8) is 0 Å². The highest BCUT2D eigenvalue weighted by atomic mass is 16.5. The lowest BCUT2D eigenvalue weighted by molar-refractivity contribution is -0.119. The van der Waals surface area contributed by atoms with E-state index in [0.29, 0.717) is 17.2 Å². The Bertz CT molecular complexity index is 1000. The average Bonchev–Trinajstić information content (AvgIpc) is 2.80. The first-order chi connectivity index (χ1) is 15.4. The minimum Gasteiger partial charge on any atom is -0.484 e. The molecule has 1 aliphatic carbocycles. The lowest BCUT2D eigenvalue weighted by atomic mass is 9.86. The van der Waals surface area contributed by atoms with Gasteiger partial charge in [0.15, 0.2) is 6.61 Å². The first-order valence-electron chi connectivity index (χ1n) is 11.0. The van der Waals surface area contributed by atoms with E-state index in [-0.39, 0.29) is 30.0 Å². The highest BCUT2D eigenvalue weighted by Crippen LogP contribution is 2.24. The van der Waals surface area contributed by atoms with E-state index in [1.807, 2.05) is 37.3 Å². The molecule has 2 amide bonds. The highest BCUT2D eigenvalue weighted by molar-refractivity contribution is 6.01. The Labute approximate surface area is 189 Å². The third-order valence-electron chi connectivity index (χ3n) is 5.69. The molecule has 1 saturated carbocycles. The van der Waals surface area contributed by atoms with Gasteiger partial charge in [-0.3, -0.25) is 9.59 Å². The van der Waals surface area contributed by atoms with E-state index >= 15 is 0 Å². The van der Waals surface area contributed by atoms with Crippen LogP contribution in [0.3, 0.4) is 0 Å². The van der Waals surface area contributed by atoms with Gasteiger partial charge in [-0.25, -0.2) is 0 Å². The van der Waals surface area contributed by atoms with Gasteiger partial charge in [0.1, 0.15) is 17.4 Å². The van der Waals surface area contributed by atoms with Crippen LogP contribution in [0.2, 0.25) is 0 Å². The molecule has 166 valence electrons. The van der Waals surface area contributed by atoms with Crippen molar-refractivity contribution in [1.29, 1.82) is 5.26 Å². The zero-order valence-electron chi connectivity index (χ0n) is 18.6. The van der Waals surface area contributed by atoms with Crippen molar-refractivity contribution in [1.82, 2.24) is 5.32 Å². The van der Waals surface area contributed by atoms with Crippen molar-refractivity contribution in [2.45, 2.75) is 45.6 Å². The third kappa shape index (κ3) is 6.71. The van der Waals surface area contributed by atoms with Crippen molar-refractivity contribution < 1.29 is 14.3 Å². The maximum absolute atomic E-state index is 12.5. The fraction of sp³-hybridized carbons (Fsp3) is 0.346. The smallest absolute Gasteiger partial charge is 0.262 e. The number of nitrogens with one attached hydrogen (secondary N) is 2. The van der Waals surface area contributed by atoms with Gasteiger partial charge in [-0.05, 0) is 61.6 Å². The molecule has 2 atom stereocenters. The normalized spacial score (nSPS) is 18.3. The Hall–Kier alpha value is -3.59. The maximum Gasteiger partial charge on any atom is 0.262 e. The predicted octanol–water partition coefficient (Wildman–Crippen LogP) is 4.61. The molecular weight excluding hydrogens is 402 g/mol. The average molecular weight is 432 g/mol. The summed E-state index contributed by atoms with van der Waals surface area (Å²) in [6.45, 7) is 4.00. The van der Waals surface area contributed by atoms with Crippen LogP contribution in [0.25, 0.3) is 6.08 Å². The van der Waals surface area contributed by atoms with Gasteiger partial charge < -0.3 is 15.4 Å². The minimum absolute atomic E-state index is 0.0777. The quantitative estimate of drug-likeness (QED) is 0.495. The molecule has 0 aliphatic heterocycles. The monoisotopic (exact) mass is 431 g/mol. The fourth-order valence-corrected chi connectivity index (χ4v) is 3.74. The zero-order valence-corrected chi connectivity index (χ0v) is 18.6. The number of rotatable bonds is 7. The Morgan fingerprint density at radius 1 is 1.09 bits per heavy atom. The van der Waals surface area contributed by atoms with E-state index in [1.54, 1.807) is 30.3 Å². The molecule has 0 saturated heterocycles. The van der Waals surface area contributed by atoms with Gasteiger partial charge in [-0.1, -0.05) is 49.6 Å². The molecule has 2 aromatic carbocycles. The molecule has 0 bridgehead atoms. The summed E-state index contributed by atoms with van der Waals surface area (Å²) >= 11 is 0. The number of hydrogen-bond acceptors (Lipinski definition) is 4. The van der Waals surface area contributed by atoms with Gasteiger partial charge in [0, 0.05) is 11.7 Å². The zero-order chi connectivity index (χ0) is 22.9.